The standard InChI is InChI=1S/C16H23NO3/c18-14-8-2-1-6-12(14)13-7-3-4-10-17(13)16(19)15-9-5-11-20-15/h5,9,11-14,18H,1-4,6-8,10H2. The van der Waals surface area contributed by atoms with Crippen molar-refractivity contribution in [3.63, 3.8) is 0 Å². The second-order valence-electron chi connectivity index (χ2n) is 6.05. The molecule has 0 bridgehead atoms. The van der Waals surface area contributed by atoms with Crippen LogP contribution in [0.3, 0.4) is 0 Å². The Hall–Kier alpha value is -1.29. The fourth-order valence-corrected chi connectivity index (χ4v) is 3.79. The van der Waals surface area contributed by atoms with Gasteiger partial charge in [0.2, 0.25) is 0 Å². The summed E-state index contributed by atoms with van der Waals surface area (Å²) in [7, 11) is 0. The molecule has 0 radical (unpaired) electrons. The van der Waals surface area contributed by atoms with Gasteiger partial charge in [0.25, 0.3) is 5.91 Å². The van der Waals surface area contributed by atoms with Crippen LogP contribution in [0.5, 0.6) is 0 Å². The monoisotopic (exact) mass is 277 g/mol. The molecule has 1 aliphatic heterocycles. The Morgan fingerprint density at radius 2 is 2.00 bits per heavy atom. The Kier molecular flexibility index (Phi) is 4.10. The summed E-state index contributed by atoms with van der Waals surface area (Å²) in [5, 5.41) is 10.3. The van der Waals surface area contributed by atoms with Gasteiger partial charge in [0.15, 0.2) is 5.76 Å². The van der Waals surface area contributed by atoms with E-state index in [1.165, 1.54) is 6.42 Å². The van der Waals surface area contributed by atoms with E-state index in [9.17, 15) is 9.90 Å². The molecule has 2 aliphatic rings. The first kappa shape index (κ1) is 13.7. The van der Waals surface area contributed by atoms with Gasteiger partial charge in [-0.1, -0.05) is 12.8 Å². The second kappa shape index (κ2) is 6.00. The number of carbonyl (C=O) groups excluding carboxylic acids is 1. The van der Waals surface area contributed by atoms with Crippen molar-refractivity contribution < 1.29 is 14.3 Å². The van der Waals surface area contributed by atoms with E-state index in [0.29, 0.717) is 5.76 Å². The fraction of sp³-hybridized carbons (Fsp3) is 0.688. The van der Waals surface area contributed by atoms with Crippen molar-refractivity contribution in [2.75, 3.05) is 6.54 Å². The van der Waals surface area contributed by atoms with Crippen LogP contribution in [0.25, 0.3) is 0 Å². The van der Waals surface area contributed by atoms with E-state index in [1.807, 2.05) is 4.90 Å². The van der Waals surface area contributed by atoms with Crippen molar-refractivity contribution in [2.24, 2.45) is 5.92 Å². The van der Waals surface area contributed by atoms with Crippen LogP contribution >= 0.6 is 0 Å². The van der Waals surface area contributed by atoms with Gasteiger partial charge in [-0.25, -0.2) is 0 Å². The average molecular weight is 277 g/mol. The Labute approximate surface area is 119 Å². The molecule has 1 saturated carbocycles. The van der Waals surface area contributed by atoms with Crippen LogP contribution in [0, 0.1) is 5.92 Å². The normalized spacial score (nSPS) is 31.2. The number of rotatable bonds is 2. The topological polar surface area (TPSA) is 53.7 Å². The highest BCUT2D eigenvalue weighted by Gasteiger charge is 2.38. The van der Waals surface area contributed by atoms with Crippen molar-refractivity contribution in [3.05, 3.63) is 24.2 Å². The molecule has 2 heterocycles. The third-order valence-electron chi connectivity index (χ3n) is 4.82. The number of hydrogen-bond donors (Lipinski definition) is 1. The first-order valence-electron chi connectivity index (χ1n) is 7.80. The van der Waals surface area contributed by atoms with Crippen molar-refractivity contribution in [1.29, 1.82) is 0 Å². The predicted octanol–water partition coefficient (Wildman–Crippen LogP) is 2.83. The lowest BCUT2D eigenvalue weighted by Crippen LogP contribution is -2.51. The van der Waals surface area contributed by atoms with Crippen LogP contribution in [-0.4, -0.2) is 34.6 Å². The van der Waals surface area contributed by atoms with E-state index in [1.54, 1.807) is 18.4 Å². The number of aliphatic hydroxyl groups is 1. The smallest absolute Gasteiger partial charge is 0.289 e. The van der Waals surface area contributed by atoms with Crippen LogP contribution < -0.4 is 0 Å². The summed E-state index contributed by atoms with van der Waals surface area (Å²) in [6.07, 6.45) is 8.69. The van der Waals surface area contributed by atoms with E-state index >= 15 is 0 Å². The Morgan fingerprint density at radius 3 is 2.75 bits per heavy atom. The first-order chi connectivity index (χ1) is 9.77. The van der Waals surface area contributed by atoms with Gasteiger partial charge in [-0.15, -0.1) is 0 Å². The highest BCUT2D eigenvalue weighted by Crippen LogP contribution is 2.34. The van der Waals surface area contributed by atoms with Gasteiger partial charge in [-0.05, 0) is 44.2 Å². The molecule has 1 aliphatic carbocycles. The summed E-state index contributed by atoms with van der Waals surface area (Å²) in [6.45, 7) is 0.785. The molecule has 1 aromatic rings. The Balaban J connectivity index is 1.78. The van der Waals surface area contributed by atoms with Gasteiger partial charge in [-0.3, -0.25) is 4.79 Å². The van der Waals surface area contributed by atoms with Gasteiger partial charge >= 0.3 is 0 Å². The van der Waals surface area contributed by atoms with E-state index in [-0.39, 0.29) is 24.0 Å². The van der Waals surface area contributed by atoms with Crippen molar-refractivity contribution in [3.8, 4) is 0 Å². The van der Waals surface area contributed by atoms with E-state index in [0.717, 1.165) is 45.1 Å². The zero-order chi connectivity index (χ0) is 13.9. The molecule has 3 rings (SSSR count). The molecule has 1 N–H and O–H groups in total. The molecular weight excluding hydrogens is 254 g/mol. The predicted molar refractivity (Wildman–Crippen MR) is 75.3 cm³/mol. The van der Waals surface area contributed by atoms with Crippen LogP contribution in [-0.2, 0) is 0 Å². The molecule has 110 valence electrons. The number of piperidine rings is 1. The van der Waals surface area contributed by atoms with Gasteiger partial charge in [0.1, 0.15) is 0 Å². The molecular formula is C16H23NO3. The maximum atomic E-state index is 12.6. The highest BCUT2D eigenvalue weighted by atomic mass is 16.3. The summed E-state index contributed by atoms with van der Waals surface area (Å²) in [6, 6.07) is 3.66. The largest absolute Gasteiger partial charge is 0.459 e. The summed E-state index contributed by atoms with van der Waals surface area (Å²) < 4.78 is 5.26. The van der Waals surface area contributed by atoms with Crippen molar-refractivity contribution >= 4 is 5.91 Å². The lowest BCUT2D eigenvalue weighted by molar-refractivity contribution is -0.00248. The lowest BCUT2D eigenvalue weighted by atomic mass is 9.78. The SMILES string of the molecule is O=C(c1ccco1)N1CCCCC1C1CCCCC1O. The quantitative estimate of drug-likeness (QED) is 0.904. The number of hydrogen-bond acceptors (Lipinski definition) is 3. The molecule has 4 nitrogen and oxygen atoms in total. The van der Waals surface area contributed by atoms with Crippen LogP contribution in [0.4, 0.5) is 0 Å². The zero-order valence-electron chi connectivity index (χ0n) is 11.8. The van der Waals surface area contributed by atoms with Gasteiger partial charge in [0.05, 0.1) is 12.4 Å². The molecule has 1 amide bonds. The molecule has 3 atom stereocenters. The number of likely N-dealkylation sites (tertiary alicyclic amines) is 1. The second-order valence-corrected chi connectivity index (χ2v) is 6.05. The van der Waals surface area contributed by atoms with Crippen LogP contribution in [0.15, 0.2) is 22.8 Å². The molecule has 1 aromatic heterocycles. The van der Waals surface area contributed by atoms with Crippen LogP contribution in [0.1, 0.15) is 55.5 Å². The molecule has 2 fully saturated rings. The maximum Gasteiger partial charge on any atom is 0.289 e. The van der Waals surface area contributed by atoms with Gasteiger partial charge < -0.3 is 14.4 Å². The van der Waals surface area contributed by atoms with E-state index < -0.39 is 0 Å². The number of amides is 1. The minimum atomic E-state index is -0.251. The fourth-order valence-electron chi connectivity index (χ4n) is 3.79. The maximum absolute atomic E-state index is 12.6. The summed E-state index contributed by atoms with van der Waals surface area (Å²) in [5.74, 6) is 0.641. The molecule has 3 unspecified atom stereocenters. The van der Waals surface area contributed by atoms with Gasteiger partial charge in [0, 0.05) is 18.5 Å². The van der Waals surface area contributed by atoms with Gasteiger partial charge in [-0.2, -0.15) is 0 Å². The van der Waals surface area contributed by atoms with E-state index in [4.69, 9.17) is 4.42 Å². The number of aliphatic hydroxyl groups excluding tert-OH is 1. The number of nitrogens with zero attached hydrogens (tertiary/aromatic N) is 1. The van der Waals surface area contributed by atoms with Crippen molar-refractivity contribution in [1.82, 2.24) is 4.90 Å². The lowest BCUT2D eigenvalue weighted by Gasteiger charge is -2.43. The molecule has 20 heavy (non-hydrogen) atoms. The number of furan rings is 1. The molecule has 0 aromatic carbocycles. The third-order valence-corrected chi connectivity index (χ3v) is 4.82. The Bertz CT molecular complexity index is 443. The summed E-state index contributed by atoms with van der Waals surface area (Å²) >= 11 is 0. The average Bonchev–Trinajstić information content (AvgIpc) is 3.01. The zero-order valence-corrected chi connectivity index (χ0v) is 11.8. The minimum Gasteiger partial charge on any atom is -0.459 e. The van der Waals surface area contributed by atoms with E-state index in [2.05, 4.69) is 0 Å². The molecule has 0 spiro atoms. The van der Waals surface area contributed by atoms with Crippen molar-refractivity contribution in [2.45, 2.75) is 57.1 Å². The summed E-state index contributed by atoms with van der Waals surface area (Å²) in [4.78, 5) is 14.5. The minimum absolute atomic E-state index is 0.0162. The third kappa shape index (κ3) is 2.62. The van der Waals surface area contributed by atoms with Crippen LogP contribution in [0.2, 0.25) is 0 Å². The highest BCUT2D eigenvalue weighted by molar-refractivity contribution is 5.91. The molecule has 4 heteroatoms. The summed E-state index contributed by atoms with van der Waals surface area (Å²) in [5.41, 5.74) is 0. The number of carbonyl (C=O) groups is 1. The molecule has 1 saturated heterocycles. The Morgan fingerprint density at radius 1 is 1.20 bits per heavy atom. The first-order valence-corrected chi connectivity index (χ1v) is 7.80.